The second-order valence-electron chi connectivity index (χ2n) is 5.50. The molecule has 0 aliphatic carbocycles. The van der Waals surface area contributed by atoms with Gasteiger partial charge in [-0.1, -0.05) is 12.1 Å². The number of hydrogen-bond acceptors (Lipinski definition) is 4. The monoisotopic (exact) mass is 291 g/mol. The normalized spacial score (nSPS) is 16.7. The number of likely N-dealkylation sites (N-methyl/N-ethyl adjacent to an activating group) is 1. The van der Waals surface area contributed by atoms with E-state index in [1.165, 1.54) is 25.0 Å². The standard InChI is InChI=1S/C15H21N3O3/c1-12(19)16(2)15(11-17-9-3-4-10-17)13-5-7-14(8-6-13)18(20)21/h5-8,15H,3-4,9-11H2,1-2H3. The summed E-state index contributed by atoms with van der Waals surface area (Å²) in [5.41, 5.74) is 1.01. The van der Waals surface area contributed by atoms with Gasteiger partial charge in [0, 0.05) is 32.6 Å². The molecule has 1 unspecified atom stereocenters. The maximum absolute atomic E-state index is 11.7. The summed E-state index contributed by atoms with van der Waals surface area (Å²) in [7, 11) is 1.78. The number of rotatable bonds is 5. The number of hydrogen-bond donors (Lipinski definition) is 0. The molecule has 1 aromatic carbocycles. The number of nitro groups is 1. The van der Waals surface area contributed by atoms with E-state index in [-0.39, 0.29) is 17.6 Å². The van der Waals surface area contributed by atoms with Crippen molar-refractivity contribution >= 4 is 11.6 Å². The molecule has 1 aromatic rings. The molecule has 0 N–H and O–H groups in total. The number of nitro benzene ring substituents is 1. The second kappa shape index (κ2) is 6.67. The molecule has 0 radical (unpaired) electrons. The molecule has 1 saturated heterocycles. The highest BCUT2D eigenvalue weighted by Crippen LogP contribution is 2.25. The van der Waals surface area contributed by atoms with Crippen LogP contribution in [0.5, 0.6) is 0 Å². The first-order valence-electron chi connectivity index (χ1n) is 7.19. The molecule has 21 heavy (non-hydrogen) atoms. The summed E-state index contributed by atoms with van der Waals surface area (Å²) in [5, 5.41) is 10.7. The molecule has 0 bridgehead atoms. The third-order valence-corrected chi connectivity index (χ3v) is 4.08. The van der Waals surface area contributed by atoms with Gasteiger partial charge in [-0.2, -0.15) is 0 Å². The highest BCUT2D eigenvalue weighted by Gasteiger charge is 2.24. The Kier molecular flexibility index (Phi) is 4.90. The fraction of sp³-hybridized carbons (Fsp3) is 0.533. The number of non-ortho nitro benzene ring substituents is 1. The van der Waals surface area contributed by atoms with E-state index in [1.54, 1.807) is 31.0 Å². The summed E-state index contributed by atoms with van der Waals surface area (Å²) >= 11 is 0. The van der Waals surface area contributed by atoms with Crippen molar-refractivity contribution in [3.05, 3.63) is 39.9 Å². The minimum absolute atomic E-state index is 0.00227. The average molecular weight is 291 g/mol. The molecule has 0 spiro atoms. The van der Waals surface area contributed by atoms with E-state index in [4.69, 9.17) is 0 Å². The number of carbonyl (C=O) groups is 1. The smallest absolute Gasteiger partial charge is 0.269 e. The van der Waals surface area contributed by atoms with Crippen molar-refractivity contribution in [1.82, 2.24) is 9.80 Å². The molecular formula is C15H21N3O3. The van der Waals surface area contributed by atoms with Crippen LogP contribution in [-0.2, 0) is 4.79 Å². The fourth-order valence-electron chi connectivity index (χ4n) is 2.70. The van der Waals surface area contributed by atoms with E-state index < -0.39 is 4.92 Å². The molecule has 114 valence electrons. The van der Waals surface area contributed by atoms with E-state index in [1.807, 2.05) is 0 Å². The van der Waals surface area contributed by atoms with Crippen LogP contribution in [0.25, 0.3) is 0 Å². The lowest BCUT2D eigenvalue weighted by atomic mass is 10.0. The van der Waals surface area contributed by atoms with Gasteiger partial charge in [-0.25, -0.2) is 0 Å². The van der Waals surface area contributed by atoms with Crippen molar-refractivity contribution in [2.75, 3.05) is 26.7 Å². The maximum atomic E-state index is 11.7. The van der Waals surface area contributed by atoms with E-state index in [2.05, 4.69) is 4.90 Å². The number of nitrogens with zero attached hydrogens (tertiary/aromatic N) is 3. The molecule has 6 heteroatoms. The molecular weight excluding hydrogens is 270 g/mol. The lowest BCUT2D eigenvalue weighted by Gasteiger charge is -2.31. The Morgan fingerprint density at radius 2 is 1.90 bits per heavy atom. The number of likely N-dealkylation sites (tertiary alicyclic amines) is 1. The summed E-state index contributed by atoms with van der Waals surface area (Å²) in [4.78, 5) is 26.1. The van der Waals surface area contributed by atoms with E-state index in [0.29, 0.717) is 0 Å². The summed E-state index contributed by atoms with van der Waals surface area (Å²) in [6.07, 6.45) is 2.38. The molecule has 1 fully saturated rings. The van der Waals surface area contributed by atoms with Crippen LogP contribution in [-0.4, -0.2) is 47.3 Å². The molecule has 6 nitrogen and oxygen atoms in total. The first-order chi connectivity index (χ1) is 9.99. The van der Waals surface area contributed by atoms with Crippen LogP contribution < -0.4 is 0 Å². The van der Waals surface area contributed by atoms with Gasteiger partial charge in [0.25, 0.3) is 5.69 Å². The van der Waals surface area contributed by atoms with Crippen LogP contribution in [0.3, 0.4) is 0 Å². The van der Waals surface area contributed by atoms with Gasteiger partial charge in [-0.05, 0) is 31.5 Å². The molecule has 2 rings (SSSR count). The Hall–Kier alpha value is -1.95. The highest BCUT2D eigenvalue weighted by atomic mass is 16.6. The molecule has 1 aliphatic rings. The molecule has 1 heterocycles. The third kappa shape index (κ3) is 3.78. The Morgan fingerprint density at radius 3 is 2.38 bits per heavy atom. The van der Waals surface area contributed by atoms with E-state index >= 15 is 0 Å². The van der Waals surface area contributed by atoms with Crippen molar-refractivity contribution in [2.45, 2.75) is 25.8 Å². The van der Waals surface area contributed by atoms with Gasteiger partial charge in [0.05, 0.1) is 11.0 Å². The summed E-state index contributed by atoms with van der Waals surface area (Å²) < 4.78 is 0. The quantitative estimate of drug-likeness (QED) is 0.616. The second-order valence-corrected chi connectivity index (χ2v) is 5.50. The molecule has 1 atom stereocenters. The molecule has 1 aliphatic heterocycles. The van der Waals surface area contributed by atoms with Gasteiger partial charge in [0.2, 0.25) is 5.91 Å². The van der Waals surface area contributed by atoms with Gasteiger partial charge in [-0.3, -0.25) is 14.9 Å². The van der Waals surface area contributed by atoms with Crippen LogP contribution in [0.2, 0.25) is 0 Å². The fourth-order valence-corrected chi connectivity index (χ4v) is 2.70. The third-order valence-electron chi connectivity index (χ3n) is 4.08. The Balaban J connectivity index is 2.20. The lowest BCUT2D eigenvalue weighted by molar-refractivity contribution is -0.384. The van der Waals surface area contributed by atoms with Gasteiger partial charge in [-0.15, -0.1) is 0 Å². The predicted molar refractivity (Wildman–Crippen MR) is 80.0 cm³/mol. The largest absolute Gasteiger partial charge is 0.338 e. The zero-order chi connectivity index (χ0) is 15.4. The minimum atomic E-state index is -0.409. The van der Waals surface area contributed by atoms with Crippen LogP contribution >= 0.6 is 0 Å². The van der Waals surface area contributed by atoms with Gasteiger partial charge in [0.15, 0.2) is 0 Å². The summed E-state index contributed by atoms with van der Waals surface area (Å²) in [5.74, 6) is -0.00227. The van der Waals surface area contributed by atoms with Gasteiger partial charge >= 0.3 is 0 Å². The van der Waals surface area contributed by atoms with Crippen molar-refractivity contribution in [2.24, 2.45) is 0 Å². The SMILES string of the molecule is CC(=O)N(C)C(CN1CCCC1)c1ccc([N+](=O)[O-])cc1. The molecule has 1 amide bonds. The van der Waals surface area contributed by atoms with Crippen LogP contribution in [0, 0.1) is 10.1 Å². The zero-order valence-corrected chi connectivity index (χ0v) is 12.5. The molecule has 0 aromatic heterocycles. The van der Waals surface area contributed by atoms with Crippen LogP contribution in [0.4, 0.5) is 5.69 Å². The minimum Gasteiger partial charge on any atom is -0.338 e. The average Bonchev–Trinajstić information content (AvgIpc) is 2.97. The number of amides is 1. The zero-order valence-electron chi connectivity index (χ0n) is 12.5. The summed E-state index contributed by atoms with van der Waals surface area (Å²) in [6, 6.07) is 6.43. The summed E-state index contributed by atoms with van der Waals surface area (Å²) in [6.45, 7) is 4.42. The van der Waals surface area contributed by atoms with E-state index in [0.717, 1.165) is 25.2 Å². The Labute approximate surface area is 124 Å². The topological polar surface area (TPSA) is 66.7 Å². The van der Waals surface area contributed by atoms with Crippen LogP contribution in [0.1, 0.15) is 31.4 Å². The highest BCUT2D eigenvalue weighted by molar-refractivity contribution is 5.73. The van der Waals surface area contributed by atoms with Crippen molar-refractivity contribution < 1.29 is 9.72 Å². The predicted octanol–water partition coefficient (Wildman–Crippen LogP) is 2.21. The van der Waals surface area contributed by atoms with Crippen molar-refractivity contribution in [3.63, 3.8) is 0 Å². The van der Waals surface area contributed by atoms with Crippen molar-refractivity contribution in [1.29, 1.82) is 0 Å². The van der Waals surface area contributed by atoms with Crippen LogP contribution in [0.15, 0.2) is 24.3 Å². The first-order valence-corrected chi connectivity index (χ1v) is 7.19. The number of benzene rings is 1. The number of carbonyl (C=O) groups excluding carboxylic acids is 1. The first kappa shape index (κ1) is 15.4. The van der Waals surface area contributed by atoms with Gasteiger partial charge < -0.3 is 9.80 Å². The Bertz CT molecular complexity index is 509. The molecule has 0 saturated carbocycles. The van der Waals surface area contributed by atoms with Gasteiger partial charge in [0.1, 0.15) is 0 Å². The lowest BCUT2D eigenvalue weighted by Crippen LogP contribution is -2.37. The Morgan fingerprint density at radius 1 is 1.33 bits per heavy atom. The van der Waals surface area contributed by atoms with Crippen molar-refractivity contribution in [3.8, 4) is 0 Å². The van der Waals surface area contributed by atoms with E-state index in [9.17, 15) is 14.9 Å². The maximum Gasteiger partial charge on any atom is 0.269 e.